The van der Waals surface area contributed by atoms with Crippen molar-refractivity contribution < 1.29 is 28.2 Å². The molecule has 0 aliphatic carbocycles. The number of oxazole rings is 1. The second-order valence-corrected chi connectivity index (χ2v) is 7.76. The van der Waals surface area contributed by atoms with Gasteiger partial charge in [-0.15, -0.1) is 0 Å². The molecule has 10 nitrogen and oxygen atoms in total. The molecule has 1 unspecified atom stereocenters. The molecule has 1 aromatic carbocycles. The van der Waals surface area contributed by atoms with E-state index in [-0.39, 0.29) is 6.61 Å². The van der Waals surface area contributed by atoms with E-state index in [0.29, 0.717) is 23.1 Å². The zero-order valence-corrected chi connectivity index (χ0v) is 18.8. The van der Waals surface area contributed by atoms with Gasteiger partial charge in [-0.3, -0.25) is 9.59 Å². The second-order valence-electron chi connectivity index (χ2n) is 7.76. The Morgan fingerprint density at radius 3 is 2.61 bits per heavy atom. The number of nitrogens with zero attached hydrogens (tertiary/aromatic N) is 2. The normalized spacial score (nSPS) is 12.0. The van der Waals surface area contributed by atoms with Gasteiger partial charge in [0.25, 0.3) is 0 Å². The molecular weight excluding hydrogens is 428 g/mol. The predicted molar refractivity (Wildman–Crippen MR) is 119 cm³/mol. The monoisotopic (exact) mass is 454 g/mol. The molecule has 0 radical (unpaired) electrons. The lowest BCUT2D eigenvalue weighted by Gasteiger charge is -2.35. The summed E-state index contributed by atoms with van der Waals surface area (Å²) in [5.74, 6) is -0.316. The maximum Gasteiger partial charge on any atom is 0.309 e. The quantitative estimate of drug-likeness (QED) is 0.470. The number of amides is 2. The molecular formula is C23H26N4O6. The van der Waals surface area contributed by atoms with E-state index in [1.807, 2.05) is 18.2 Å². The van der Waals surface area contributed by atoms with E-state index in [4.69, 9.17) is 24.4 Å². The van der Waals surface area contributed by atoms with E-state index in [1.54, 1.807) is 45.5 Å². The molecule has 1 atom stereocenters. The Morgan fingerprint density at radius 2 is 1.97 bits per heavy atom. The van der Waals surface area contributed by atoms with Gasteiger partial charge >= 0.3 is 11.8 Å². The van der Waals surface area contributed by atoms with Gasteiger partial charge in [-0.2, -0.15) is 0 Å². The van der Waals surface area contributed by atoms with Gasteiger partial charge in [0.1, 0.15) is 11.5 Å². The summed E-state index contributed by atoms with van der Waals surface area (Å²) < 4.78 is 22.1. The third-order valence-electron chi connectivity index (χ3n) is 5.19. The number of nitrogens with two attached hydrogens (primary N) is 1. The van der Waals surface area contributed by atoms with Crippen molar-refractivity contribution in [1.29, 1.82) is 0 Å². The first-order valence-corrected chi connectivity index (χ1v) is 10.1. The highest BCUT2D eigenvalue weighted by Crippen LogP contribution is 2.36. The van der Waals surface area contributed by atoms with Gasteiger partial charge in [0, 0.05) is 23.7 Å². The van der Waals surface area contributed by atoms with Crippen molar-refractivity contribution in [2.45, 2.75) is 25.3 Å². The fourth-order valence-corrected chi connectivity index (χ4v) is 3.41. The number of carbonyl (C=O) groups is 2. The summed E-state index contributed by atoms with van der Waals surface area (Å²) >= 11 is 0. The minimum Gasteiger partial charge on any atom is -0.496 e. The maximum absolute atomic E-state index is 12.1. The molecule has 0 saturated carbocycles. The molecule has 0 spiro atoms. The molecule has 0 aliphatic heterocycles. The van der Waals surface area contributed by atoms with Crippen LogP contribution in [0.3, 0.4) is 0 Å². The minimum atomic E-state index is -1.07. The summed E-state index contributed by atoms with van der Waals surface area (Å²) in [6.45, 7) is 3.72. The first-order chi connectivity index (χ1) is 15.7. The van der Waals surface area contributed by atoms with E-state index < -0.39 is 23.3 Å². The molecule has 2 heterocycles. The van der Waals surface area contributed by atoms with Crippen molar-refractivity contribution in [3.05, 3.63) is 54.7 Å². The molecule has 3 N–H and O–H groups in total. The summed E-state index contributed by atoms with van der Waals surface area (Å²) in [7, 11) is 3.06. The number of methoxy groups -OCH3 is 2. The molecule has 0 fully saturated rings. The first-order valence-electron chi connectivity index (χ1n) is 10.1. The summed E-state index contributed by atoms with van der Waals surface area (Å²) in [5.41, 5.74) is 5.76. The Bertz CT molecular complexity index is 1110. The van der Waals surface area contributed by atoms with Crippen LogP contribution in [0.4, 0.5) is 0 Å². The molecule has 0 aliphatic rings. The van der Waals surface area contributed by atoms with Gasteiger partial charge in [0.15, 0.2) is 12.2 Å². The summed E-state index contributed by atoms with van der Waals surface area (Å²) in [4.78, 5) is 31.5. The molecule has 2 amide bonds. The zero-order valence-electron chi connectivity index (χ0n) is 18.8. The van der Waals surface area contributed by atoms with E-state index >= 15 is 0 Å². The summed E-state index contributed by atoms with van der Waals surface area (Å²) in [5, 5.41) is 2.69. The highest BCUT2D eigenvalue weighted by Gasteiger charge is 2.35. The Kier molecular flexibility index (Phi) is 7.17. The molecule has 3 rings (SSSR count). The smallest absolute Gasteiger partial charge is 0.309 e. The largest absolute Gasteiger partial charge is 0.496 e. The fraction of sp³-hybridized carbons (Fsp3) is 0.304. The number of rotatable bonds is 9. The number of ether oxygens (including phenoxy) is 3. The number of benzene rings is 1. The maximum atomic E-state index is 12.1. The highest BCUT2D eigenvalue weighted by molar-refractivity contribution is 6.34. The summed E-state index contributed by atoms with van der Waals surface area (Å²) in [6, 6.07) is 8.89. The summed E-state index contributed by atoms with van der Waals surface area (Å²) in [6.07, 6.45) is 4.50. The molecule has 33 heavy (non-hydrogen) atoms. The van der Waals surface area contributed by atoms with Crippen LogP contribution < -0.4 is 25.3 Å². The topological polar surface area (TPSA) is 139 Å². The molecule has 10 heteroatoms. The van der Waals surface area contributed by atoms with E-state index in [2.05, 4.69) is 15.3 Å². The van der Waals surface area contributed by atoms with Crippen LogP contribution in [0.2, 0.25) is 0 Å². The van der Waals surface area contributed by atoms with Crippen molar-refractivity contribution in [2.75, 3.05) is 20.8 Å². The zero-order chi connectivity index (χ0) is 24.0. The standard InChI is InChI=1S/C23H26N4O6/c1-23(2,27-22(29)21(24)28)17(12-32-15-7-8-26-20(10-15)31-4)14-5-6-16(18(9-14)30-3)19-11-25-13-33-19/h5-11,13,17H,12H2,1-4H3,(H2,24,28)(H,27,29). The fourth-order valence-electron chi connectivity index (χ4n) is 3.41. The molecule has 3 aromatic rings. The average molecular weight is 454 g/mol. The van der Waals surface area contributed by atoms with Crippen LogP contribution in [-0.4, -0.2) is 48.1 Å². The average Bonchev–Trinajstić information content (AvgIpc) is 3.33. The lowest BCUT2D eigenvalue weighted by Crippen LogP contribution is -2.53. The third kappa shape index (κ3) is 5.59. The van der Waals surface area contributed by atoms with Crippen molar-refractivity contribution in [3.8, 4) is 28.7 Å². The van der Waals surface area contributed by atoms with E-state index in [1.165, 1.54) is 13.5 Å². The number of hydrogen-bond acceptors (Lipinski definition) is 8. The van der Waals surface area contributed by atoms with Gasteiger partial charge in [-0.1, -0.05) is 6.07 Å². The molecule has 174 valence electrons. The van der Waals surface area contributed by atoms with Crippen molar-refractivity contribution >= 4 is 11.8 Å². The van der Waals surface area contributed by atoms with Crippen molar-refractivity contribution in [3.63, 3.8) is 0 Å². The van der Waals surface area contributed by atoms with Crippen LogP contribution in [0, 0.1) is 0 Å². The molecule has 0 bridgehead atoms. The Morgan fingerprint density at radius 1 is 1.18 bits per heavy atom. The number of aromatic nitrogens is 2. The van der Waals surface area contributed by atoms with Crippen LogP contribution in [-0.2, 0) is 9.59 Å². The van der Waals surface area contributed by atoms with Gasteiger partial charge in [-0.05, 0) is 37.6 Å². The highest BCUT2D eigenvalue weighted by atomic mass is 16.5. The van der Waals surface area contributed by atoms with Crippen molar-refractivity contribution in [1.82, 2.24) is 15.3 Å². The molecule has 2 aromatic heterocycles. The molecule has 0 saturated heterocycles. The lowest BCUT2D eigenvalue weighted by atomic mass is 9.81. The lowest BCUT2D eigenvalue weighted by molar-refractivity contribution is -0.138. The Labute approximate surface area is 191 Å². The Balaban J connectivity index is 1.96. The van der Waals surface area contributed by atoms with Crippen LogP contribution >= 0.6 is 0 Å². The van der Waals surface area contributed by atoms with Gasteiger partial charge in [-0.25, -0.2) is 9.97 Å². The van der Waals surface area contributed by atoms with E-state index in [0.717, 1.165) is 11.1 Å². The van der Waals surface area contributed by atoms with Crippen LogP contribution in [0.1, 0.15) is 25.3 Å². The second kappa shape index (κ2) is 10.0. The SMILES string of the molecule is COc1cc(OCC(c2ccc(-c3cnco3)c(OC)c2)C(C)(C)NC(=O)C(N)=O)ccn1. The minimum absolute atomic E-state index is 0.157. The first kappa shape index (κ1) is 23.6. The predicted octanol–water partition coefficient (Wildman–Crippen LogP) is 2.30. The number of primary amides is 1. The van der Waals surface area contributed by atoms with Crippen LogP contribution in [0.5, 0.6) is 17.4 Å². The van der Waals surface area contributed by atoms with E-state index in [9.17, 15) is 9.59 Å². The van der Waals surface area contributed by atoms with Crippen molar-refractivity contribution in [2.24, 2.45) is 5.73 Å². The van der Waals surface area contributed by atoms with Crippen LogP contribution in [0.25, 0.3) is 11.3 Å². The number of carbonyl (C=O) groups excluding carboxylic acids is 2. The number of pyridine rings is 1. The van der Waals surface area contributed by atoms with Gasteiger partial charge in [0.05, 0.1) is 32.6 Å². The van der Waals surface area contributed by atoms with Gasteiger partial charge in [0.2, 0.25) is 5.88 Å². The van der Waals surface area contributed by atoms with Gasteiger partial charge < -0.3 is 29.7 Å². The number of nitrogens with one attached hydrogen (secondary N) is 1. The third-order valence-corrected chi connectivity index (χ3v) is 5.19. The number of hydrogen-bond donors (Lipinski definition) is 2. The van der Waals surface area contributed by atoms with Crippen LogP contribution in [0.15, 0.2) is 53.5 Å². The Hall–Kier alpha value is -4.08.